The lowest BCUT2D eigenvalue weighted by atomic mass is 9.76. The molecule has 0 heterocycles. The van der Waals surface area contributed by atoms with E-state index in [4.69, 9.17) is 10.00 Å². The highest BCUT2D eigenvalue weighted by molar-refractivity contribution is 6.03. The second-order valence-corrected chi connectivity index (χ2v) is 14.1. The highest BCUT2D eigenvalue weighted by Gasteiger charge is 2.30. The van der Waals surface area contributed by atoms with Crippen LogP contribution in [0.1, 0.15) is 97.3 Å². The Labute approximate surface area is 307 Å². The van der Waals surface area contributed by atoms with E-state index in [2.05, 4.69) is 86.8 Å². The van der Waals surface area contributed by atoms with Gasteiger partial charge in [-0.1, -0.05) is 85.2 Å². The Morgan fingerprint density at radius 2 is 1.52 bits per heavy atom. The zero-order valence-corrected chi connectivity index (χ0v) is 31.2. The molecule has 0 bridgehead atoms. The number of unbranched alkanes of at least 4 members (excludes halogenated alkanes) is 1. The van der Waals surface area contributed by atoms with E-state index >= 15 is 0 Å². The van der Waals surface area contributed by atoms with Crippen LogP contribution < -0.4 is 20.7 Å². The quantitative estimate of drug-likeness (QED) is 0.0718. The molecule has 0 aliphatic carbocycles. The Morgan fingerprint density at radius 1 is 0.827 bits per heavy atom. The van der Waals surface area contributed by atoms with Gasteiger partial charge >= 0.3 is 6.03 Å². The second kappa shape index (κ2) is 17.5. The van der Waals surface area contributed by atoms with Crippen LogP contribution in [0.2, 0.25) is 0 Å². The van der Waals surface area contributed by atoms with Crippen molar-refractivity contribution >= 4 is 40.4 Å². The zero-order chi connectivity index (χ0) is 37.9. The maximum atomic E-state index is 14.1. The van der Waals surface area contributed by atoms with Crippen LogP contribution in [0.15, 0.2) is 95.2 Å². The standard InChI is InChI=1S/C42H50N6O4/c1-8-11-17-38(52-37-23-20-29(41(4,5)9-2)24-32(37)42(6,7)10-3)39(50)45-33-26-36(49)35(25-34(33)48-47-31-15-13-12-14-16-31)46-40(51)44-30-21-18-28(27-43)19-22-30/h12-16,18-26,38,49H,8-11,17H2,1-7H3,(H,45,50)(H2,44,46,51). The number of anilines is 3. The van der Waals surface area contributed by atoms with Crippen molar-refractivity contribution in [2.75, 3.05) is 16.0 Å². The van der Waals surface area contributed by atoms with E-state index in [0.717, 1.165) is 31.2 Å². The number of carbonyl (C=O) groups excluding carboxylic acids is 2. The number of nitrogens with one attached hydrogen (secondary N) is 3. The lowest BCUT2D eigenvalue weighted by Crippen LogP contribution is -2.34. The minimum Gasteiger partial charge on any atom is -0.506 e. The summed E-state index contributed by atoms with van der Waals surface area (Å²) in [6, 6.07) is 25.9. The number of carbonyl (C=O) groups is 2. The predicted octanol–water partition coefficient (Wildman–Crippen LogP) is 11.3. The van der Waals surface area contributed by atoms with Crippen molar-refractivity contribution in [2.24, 2.45) is 10.2 Å². The number of hydrogen-bond acceptors (Lipinski definition) is 7. The van der Waals surface area contributed by atoms with Crippen molar-refractivity contribution in [3.05, 3.63) is 102 Å². The highest BCUT2D eigenvalue weighted by Crippen LogP contribution is 2.40. The number of hydrogen-bond donors (Lipinski definition) is 4. The van der Waals surface area contributed by atoms with Crippen LogP contribution in [-0.4, -0.2) is 23.1 Å². The van der Waals surface area contributed by atoms with Crippen LogP contribution in [0.3, 0.4) is 0 Å². The fourth-order valence-electron chi connectivity index (χ4n) is 5.36. The molecular formula is C42H50N6O4. The minimum absolute atomic E-state index is 0.0197. The molecule has 10 heteroatoms. The summed E-state index contributed by atoms with van der Waals surface area (Å²) in [4.78, 5) is 27.0. The molecule has 3 amide bonds. The molecule has 0 saturated heterocycles. The number of azo groups is 1. The molecule has 0 saturated carbocycles. The third-order valence-corrected chi connectivity index (χ3v) is 9.56. The monoisotopic (exact) mass is 702 g/mol. The number of urea groups is 1. The Hall–Kier alpha value is -5.69. The summed E-state index contributed by atoms with van der Waals surface area (Å²) >= 11 is 0. The number of amides is 3. The van der Waals surface area contributed by atoms with E-state index in [9.17, 15) is 14.7 Å². The van der Waals surface area contributed by atoms with Gasteiger partial charge in [-0.05, 0) is 90.6 Å². The average molecular weight is 703 g/mol. The van der Waals surface area contributed by atoms with Crippen molar-refractivity contribution in [1.29, 1.82) is 5.26 Å². The van der Waals surface area contributed by atoms with Crippen molar-refractivity contribution in [2.45, 2.75) is 97.5 Å². The Balaban J connectivity index is 1.67. The molecule has 10 nitrogen and oxygen atoms in total. The van der Waals surface area contributed by atoms with Crippen molar-refractivity contribution in [1.82, 2.24) is 0 Å². The van der Waals surface area contributed by atoms with Crippen LogP contribution in [0, 0.1) is 11.3 Å². The van der Waals surface area contributed by atoms with Crippen molar-refractivity contribution in [3.8, 4) is 17.6 Å². The van der Waals surface area contributed by atoms with E-state index in [1.54, 1.807) is 36.4 Å². The first kappa shape index (κ1) is 39.1. The van der Waals surface area contributed by atoms with E-state index in [1.165, 1.54) is 17.7 Å². The number of ether oxygens (including phenoxy) is 1. The molecule has 272 valence electrons. The van der Waals surface area contributed by atoms with E-state index in [0.29, 0.717) is 29.1 Å². The van der Waals surface area contributed by atoms with Crippen LogP contribution in [-0.2, 0) is 15.6 Å². The second-order valence-electron chi connectivity index (χ2n) is 14.1. The van der Waals surface area contributed by atoms with Crippen LogP contribution >= 0.6 is 0 Å². The normalized spacial score (nSPS) is 12.2. The van der Waals surface area contributed by atoms with Gasteiger partial charge in [-0.15, -0.1) is 5.11 Å². The molecule has 1 atom stereocenters. The van der Waals surface area contributed by atoms with E-state index in [-0.39, 0.29) is 33.6 Å². The zero-order valence-electron chi connectivity index (χ0n) is 31.2. The van der Waals surface area contributed by atoms with Gasteiger partial charge in [0.2, 0.25) is 0 Å². The van der Waals surface area contributed by atoms with Gasteiger partial charge in [0.15, 0.2) is 6.10 Å². The van der Waals surface area contributed by atoms with Crippen LogP contribution in [0.4, 0.5) is 33.2 Å². The summed E-state index contributed by atoms with van der Waals surface area (Å²) in [6.07, 6.45) is 3.12. The molecule has 0 spiro atoms. The number of benzene rings is 4. The van der Waals surface area contributed by atoms with E-state index in [1.807, 2.05) is 30.3 Å². The van der Waals surface area contributed by atoms with Gasteiger partial charge in [-0.25, -0.2) is 4.79 Å². The molecule has 0 aliphatic heterocycles. The Bertz CT molecular complexity index is 1910. The van der Waals surface area contributed by atoms with Gasteiger partial charge in [0.25, 0.3) is 5.91 Å². The first-order valence-electron chi connectivity index (χ1n) is 17.8. The maximum Gasteiger partial charge on any atom is 0.323 e. The largest absolute Gasteiger partial charge is 0.506 e. The van der Waals surface area contributed by atoms with Gasteiger partial charge < -0.3 is 25.8 Å². The summed E-state index contributed by atoms with van der Waals surface area (Å²) in [5, 5.41) is 37.1. The van der Waals surface area contributed by atoms with Gasteiger partial charge in [0.05, 0.1) is 28.7 Å². The number of phenols is 1. The molecule has 4 aromatic carbocycles. The first-order chi connectivity index (χ1) is 24.8. The number of aromatic hydroxyl groups is 1. The lowest BCUT2D eigenvalue weighted by Gasteiger charge is -2.31. The summed E-state index contributed by atoms with van der Waals surface area (Å²) in [7, 11) is 0. The third kappa shape index (κ3) is 10.2. The number of phenolic OH excluding ortho intramolecular Hbond substituents is 1. The highest BCUT2D eigenvalue weighted by atomic mass is 16.5. The smallest absolute Gasteiger partial charge is 0.323 e. The van der Waals surface area contributed by atoms with Crippen molar-refractivity contribution < 1.29 is 19.4 Å². The number of nitrogens with zero attached hydrogens (tertiary/aromatic N) is 3. The summed E-state index contributed by atoms with van der Waals surface area (Å²) in [6.45, 7) is 15.2. The van der Waals surface area contributed by atoms with Crippen molar-refractivity contribution in [3.63, 3.8) is 0 Å². The third-order valence-electron chi connectivity index (χ3n) is 9.56. The molecule has 4 N–H and O–H groups in total. The first-order valence-corrected chi connectivity index (χ1v) is 17.8. The molecule has 0 radical (unpaired) electrons. The maximum absolute atomic E-state index is 14.1. The Kier molecular flexibility index (Phi) is 13.2. The fraction of sp³-hybridized carbons (Fsp3) is 0.357. The molecule has 0 aliphatic rings. The topological polar surface area (TPSA) is 148 Å². The molecule has 4 aromatic rings. The summed E-state index contributed by atoms with van der Waals surface area (Å²) in [5.41, 5.74) is 3.98. The molecule has 52 heavy (non-hydrogen) atoms. The molecule has 0 aromatic heterocycles. The lowest BCUT2D eigenvalue weighted by molar-refractivity contribution is -0.123. The van der Waals surface area contributed by atoms with Gasteiger partial charge in [-0.2, -0.15) is 10.4 Å². The number of rotatable bonds is 15. The summed E-state index contributed by atoms with van der Waals surface area (Å²) < 4.78 is 6.61. The average Bonchev–Trinajstić information content (AvgIpc) is 3.14. The molecule has 4 rings (SSSR count). The van der Waals surface area contributed by atoms with Gasteiger partial charge in [0, 0.05) is 17.3 Å². The Morgan fingerprint density at radius 3 is 2.15 bits per heavy atom. The molecular weight excluding hydrogens is 652 g/mol. The summed E-state index contributed by atoms with van der Waals surface area (Å²) in [5.74, 6) is -0.0315. The van der Waals surface area contributed by atoms with Gasteiger partial charge in [0.1, 0.15) is 17.2 Å². The fourth-order valence-corrected chi connectivity index (χ4v) is 5.36. The number of nitriles is 1. The SMILES string of the molecule is CCCCC(Oc1ccc(C(C)(C)CC)cc1C(C)(C)CC)C(=O)Nc1cc(O)c(NC(=O)Nc2ccc(C#N)cc2)cc1N=Nc1ccccc1. The van der Waals surface area contributed by atoms with Gasteiger partial charge in [-0.3, -0.25) is 4.79 Å². The van der Waals surface area contributed by atoms with Crippen LogP contribution in [0.25, 0.3) is 0 Å². The molecule has 1 unspecified atom stereocenters. The van der Waals surface area contributed by atoms with Crippen LogP contribution in [0.5, 0.6) is 11.5 Å². The molecule has 0 fully saturated rings. The minimum atomic E-state index is -0.839. The predicted molar refractivity (Wildman–Crippen MR) is 208 cm³/mol. The van der Waals surface area contributed by atoms with E-state index < -0.39 is 18.0 Å².